The number of carbonyl (C=O) groups excluding carboxylic acids is 2. The van der Waals surface area contributed by atoms with Gasteiger partial charge in [0.15, 0.2) is 5.13 Å². The molecule has 1 unspecified atom stereocenters. The van der Waals surface area contributed by atoms with Crippen molar-refractivity contribution in [1.82, 2.24) is 10.3 Å². The second-order valence-corrected chi connectivity index (χ2v) is 6.91. The van der Waals surface area contributed by atoms with Gasteiger partial charge in [0.25, 0.3) is 0 Å². The van der Waals surface area contributed by atoms with Gasteiger partial charge in [-0.1, -0.05) is 13.8 Å². The van der Waals surface area contributed by atoms with Crippen LogP contribution >= 0.6 is 11.3 Å². The Kier molecular flexibility index (Phi) is 5.90. The average Bonchev–Trinajstić information content (AvgIpc) is 3.06. The van der Waals surface area contributed by atoms with Crippen LogP contribution in [0.15, 0.2) is 5.38 Å². The first-order chi connectivity index (χ1) is 10.5. The molecule has 2 heterocycles. The van der Waals surface area contributed by atoms with Gasteiger partial charge in [0.1, 0.15) is 0 Å². The van der Waals surface area contributed by atoms with Crippen LogP contribution < -0.4 is 16.0 Å². The number of anilines is 1. The molecule has 7 heteroatoms. The quantitative estimate of drug-likeness (QED) is 0.791. The van der Waals surface area contributed by atoms with E-state index in [0.717, 1.165) is 19.4 Å². The van der Waals surface area contributed by atoms with Crippen LogP contribution in [-0.2, 0) is 16.0 Å². The van der Waals surface area contributed by atoms with Crippen molar-refractivity contribution >= 4 is 28.3 Å². The standard InChI is InChI=1S/C15H24N4O2S/c1-10(2)6-11(8-16)17-13(20)7-12-9-22-15(18-12)19-5-3-4-14(19)21/h9-11H,3-8,16H2,1-2H3,(H,17,20). The minimum atomic E-state index is -0.0688. The smallest absolute Gasteiger partial charge is 0.228 e. The maximum Gasteiger partial charge on any atom is 0.228 e. The van der Waals surface area contributed by atoms with Crippen molar-refractivity contribution in [3.63, 3.8) is 0 Å². The summed E-state index contributed by atoms with van der Waals surface area (Å²) < 4.78 is 0. The number of aromatic nitrogens is 1. The van der Waals surface area contributed by atoms with E-state index in [4.69, 9.17) is 5.73 Å². The molecule has 2 rings (SSSR count). The SMILES string of the molecule is CC(C)CC(CN)NC(=O)Cc1csc(N2CCCC2=O)n1. The molecule has 0 radical (unpaired) electrons. The molecule has 1 aromatic heterocycles. The molecule has 0 spiro atoms. The summed E-state index contributed by atoms with van der Waals surface area (Å²) in [6.07, 6.45) is 2.56. The lowest BCUT2D eigenvalue weighted by atomic mass is 10.0. The Morgan fingerprint density at radius 1 is 1.55 bits per heavy atom. The zero-order valence-electron chi connectivity index (χ0n) is 13.2. The van der Waals surface area contributed by atoms with Crippen molar-refractivity contribution in [2.24, 2.45) is 11.7 Å². The summed E-state index contributed by atoms with van der Waals surface area (Å²) in [5.41, 5.74) is 6.40. The Hall–Kier alpha value is -1.47. The largest absolute Gasteiger partial charge is 0.352 e. The van der Waals surface area contributed by atoms with E-state index in [1.807, 2.05) is 5.38 Å². The van der Waals surface area contributed by atoms with Gasteiger partial charge >= 0.3 is 0 Å². The fourth-order valence-electron chi connectivity index (χ4n) is 2.58. The maximum absolute atomic E-state index is 12.1. The number of nitrogens with two attached hydrogens (primary N) is 1. The number of carbonyl (C=O) groups is 2. The third-order valence-corrected chi connectivity index (χ3v) is 4.50. The zero-order chi connectivity index (χ0) is 16.1. The maximum atomic E-state index is 12.1. The Balaban J connectivity index is 1.89. The summed E-state index contributed by atoms with van der Waals surface area (Å²) in [7, 11) is 0. The molecule has 1 aromatic rings. The van der Waals surface area contributed by atoms with E-state index in [9.17, 15) is 9.59 Å². The highest BCUT2D eigenvalue weighted by atomic mass is 32.1. The van der Waals surface area contributed by atoms with Gasteiger partial charge in [0, 0.05) is 30.9 Å². The van der Waals surface area contributed by atoms with Crippen LogP contribution in [0.1, 0.15) is 38.8 Å². The zero-order valence-corrected chi connectivity index (χ0v) is 14.0. The summed E-state index contributed by atoms with van der Waals surface area (Å²) >= 11 is 1.42. The number of amides is 2. The number of nitrogens with one attached hydrogen (secondary N) is 1. The molecule has 0 aliphatic carbocycles. The topological polar surface area (TPSA) is 88.3 Å². The lowest BCUT2D eigenvalue weighted by Crippen LogP contribution is -2.41. The summed E-state index contributed by atoms with van der Waals surface area (Å²) in [5, 5.41) is 5.50. The van der Waals surface area contributed by atoms with E-state index in [-0.39, 0.29) is 24.3 Å². The number of hydrogen-bond donors (Lipinski definition) is 2. The fraction of sp³-hybridized carbons (Fsp3) is 0.667. The minimum absolute atomic E-state index is 0.00534. The van der Waals surface area contributed by atoms with Gasteiger partial charge in [-0.2, -0.15) is 0 Å². The van der Waals surface area contributed by atoms with Crippen molar-refractivity contribution in [2.45, 2.75) is 45.6 Å². The molecule has 122 valence electrons. The van der Waals surface area contributed by atoms with Gasteiger partial charge in [-0.15, -0.1) is 11.3 Å². The van der Waals surface area contributed by atoms with Crippen LogP contribution in [0, 0.1) is 5.92 Å². The molecule has 0 aromatic carbocycles. The molecule has 3 N–H and O–H groups in total. The second-order valence-electron chi connectivity index (χ2n) is 6.08. The monoisotopic (exact) mass is 324 g/mol. The normalized spacial score (nSPS) is 16.4. The predicted molar refractivity (Wildman–Crippen MR) is 87.8 cm³/mol. The van der Waals surface area contributed by atoms with E-state index in [0.29, 0.717) is 29.7 Å². The van der Waals surface area contributed by atoms with Crippen molar-refractivity contribution in [3.8, 4) is 0 Å². The van der Waals surface area contributed by atoms with Gasteiger partial charge < -0.3 is 11.1 Å². The van der Waals surface area contributed by atoms with Gasteiger partial charge in [-0.25, -0.2) is 4.98 Å². The third-order valence-electron chi connectivity index (χ3n) is 3.59. The number of thiazole rings is 1. The lowest BCUT2D eigenvalue weighted by Gasteiger charge is -2.18. The molecule has 1 fully saturated rings. The van der Waals surface area contributed by atoms with Crippen LogP contribution in [0.2, 0.25) is 0 Å². The minimum Gasteiger partial charge on any atom is -0.352 e. The van der Waals surface area contributed by atoms with Crippen LogP contribution in [0.5, 0.6) is 0 Å². The van der Waals surface area contributed by atoms with Gasteiger partial charge in [-0.05, 0) is 18.8 Å². The van der Waals surface area contributed by atoms with E-state index in [1.54, 1.807) is 4.90 Å². The molecule has 0 saturated carbocycles. The first kappa shape index (κ1) is 16.9. The Labute approximate surface area is 135 Å². The lowest BCUT2D eigenvalue weighted by molar-refractivity contribution is -0.121. The highest BCUT2D eigenvalue weighted by Gasteiger charge is 2.24. The van der Waals surface area contributed by atoms with Gasteiger partial charge in [0.2, 0.25) is 11.8 Å². The molecule has 0 bridgehead atoms. The van der Waals surface area contributed by atoms with E-state index >= 15 is 0 Å². The Bertz CT molecular complexity index is 529. The first-order valence-electron chi connectivity index (χ1n) is 7.73. The molecule has 6 nitrogen and oxygen atoms in total. The first-order valence-corrected chi connectivity index (χ1v) is 8.61. The Morgan fingerprint density at radius 3 is 2.91 bits per heavy atom. The Morgan fingerprint density at radius 2 is 2.32 bits per heavy atom. The molecule has 2 amide bonds. The molecule has 1 aliphatic rings. The van der Waals surface area contributed by atoms with Crippen molar-refractivity contribution < 1.29 is 9.59 Å². The van der Waals surface area contributed by atoms with E-state index in [1.165, 1.54) is 11.3 Å². The molecule has 22 heavy (non-hydrogen) atoms. The molecule has 1 atom stereocenters. The summed E-state index contributed by atoms with van der Waals surface area (Å²) in [6, 6.07) is 0.00534. The van der Waals surface area contributed by atoms with Crippen LogP contribution in [0.4, 0.5) is 5.13 Å². The van der Waals surface area contributed by atoms with E-state index < -0.39 is 0 Å². The second kappa shape index (κ2) is 7.69. The summed E-state index contributed by atoms with van der Waals surface area (Å²) in [6.45, 7) is 5.37. The third kappa shape index (κ3) is 4.51. The van der Waals surface area contributed by atoms with Crippen LogP contribution in [0.3, 0.4) is 0 Å². The molecule has 1 saturated heterocycles. The molecular formula is C15H24N4O2S. The van der Waals surface area contributed by atoms with Crippen molar-refractivity contribution in [2.75, 3.05) is 18.0 Å². The van der Waals surface area contributed by atoms with Gasteiger partial charge in [-0.3, -0.25) is 14.5 Å². The fourth-order valence-corrected chi connectivity index (χ4v) is 3.45. The highest BCUT2D eigenvalue weighted by Crippen LogP contribution is 2.25. The average molecular weight is 324 g/mol. The highest BCUT2D eigenvalue weighted by molar-refractivity contribution is 7.14. The van der Waals surface area contributed by atoms with E-state index in [2.05, 4.69) is 24.1 Å². The van der Waals surface area contributed by atoms with Crippen LogP contribution in [0.25, 0.3) is 0 Å². The number of rotatable bonds is 7. The van der Waals surface area contributed by atoms with Gasteiger partial charge in [0.05, 0.1) is 12.1 Å². The predicted octanol–water partition coefficient (Wildman–Crippen LogP) is 1.30. The van der Waals surface area contributed by atoms with Crippen LogP contribution in [-0.4, -0.2) is 35.9 Å². The van der Waals surface area contributed by atoms with Crippen molar-refractivity contribution in [3.05, 3.63) is 11.1 Å². The number of nitrogens with zero attached hydrogens (tertiary/aromatic N) is 2. The molecule has 1 aliphatic heterocycles. The summed E-state index contributed by atoms with van der Waals surface area (Å²) in [5.74, 6) is 0.534. The van der Waals surface area contributed by atoms with Crippen molar-refractivity contribution in [1.29, 1.82) is 0 Å². The molecular weight excluding hydrogens is 300 g/mol. The number of hydrogen-bond acceptors (Lipinski definition) is 5. The summed E-state index contributed by atoms with van der Waals surface area (Å²) in [4.78, 5) is 29.9.